The molecule has 0 aliphatic heterocycles. The number of halogens is 1. The molecule has 4 aromatic rings. The van der Waals surface area contributed by atoms with Gasteiger partial charge in [-0.25, -0.2) is 13.9 Å². The molecule has 2 aromatic carbocycles. The van der Waals surface area contributed by atoms with E-state index in [4.69, 9.17) is 4.74 Å². The highest BCUT2D eigenvalue weighted by Crippen LogP contribution is 2.20. The summed E-state index contributed by atoms with van der Waals surface area (Å²) in [7, 11) is 0. The number of rotatable bonds is 6. The molecule has 9 heteroatoms. The Bertz CT molecular complexity index is 1320. The Hall–Kier alpha value is -3.59. The predicted octanol–water partition coefficient (Wildman–Crippen LogP) is 3.98. The molecule has 0 bridgehead atoms. The van der Waals surface area contributed by atoms with E-state index in [1.54, 1.807) is 28.8 Å². The number of nitrogens with zero attached hydrogens (tertiary/aromatic N) is 4. The number of thioether (sulfide) groups is 1. The number of ether oxygens (including phenoxy) is 1. The maximum Gasteiger partial charge on any atom is 0.315 e. The van der Waals surface area contributed by atoms with Crippen LogP contribution in [0, 0.1) is 19.7 Å². The molecule has 0 saturated carbocycles. The first kappa shape index (κ1) is 21.6. The molecule has 2 heterocycles. The zero-order valence-electron chi connectivity index (χ0n) is 17.6. The number of ketones is 1. The van der Waals surface area contributed by atoms with Crippen LogP contribution < -0.4 is 4.74 Å². The second kappa shape index (κ2) is 8.88. The van der Waals surface area contributed by atoms with E-state index < -0.39 is 11.8 Å². The van der Waals surface area contributed by atoms with Crippen molar-refractivity contribution < 1.29 is 18.7 Å². The zero-order valence-corrected chi connectivity index (χ0v) is 18.4. The Balaban J connectivity index is 1.47. The molecule has 0 aliphatic rings. The number of benzene rings is 2. The summed E-state index contributed by atoms with van der Waals surface area (Å²) in [6.07, 6.45) is 1.90. The molecule has 2 aromatic heterocycles. The fraction of sp³-hybridized carbons (Fsp3) is 0.174. The first-order valence-corrected chi connectivity index (χ1v) is 11.0. The van der Waals surface area contributed by atoms with Gasteiger partial charge in [0.2, 0.25) is 5.16 Å². The fourth-order valence-electron chi connectivity index (χ4n) is 3.29. The van der Waals surface area contributed by atoms with Gasteiger partial charge in [0.15, 0.2) is 5.78 Å². The molecule has 7 nitrogen and oxygen atoms in total. The SMILES string of the molecule is CSc1nc2nc(C)c(CC(=O)Oc3ccc(C(=O)c4ccc(F)cc4)cc3)c(C)n2n1. The van der Waals surface area contributed by atoms with Gasteiger partial charge in [-0.3, -0.25) is 9.59 Å². The Morgan fingerprint density at radius 3 is 2.25 bits per heavy atom. The molecule has 0 amide bonds. The average molecular weight is 450 g/mol. The number of esters is 1. The summed E-state index contributed by atoms with van der Waals surface area (Å²) in [6.45, 7) is 3.68. The summed E-state index contributed by atoms with van der Waals surface area (Å²) in [5, 5.41) is 4.99. The van der Waals surface area contributed by atoms with Crippen molar-refractivity contribution in [2.75, 3.05) is 6.26 Å². The monoisotopic (exact) mass is 450 g/mol. The summed E-state index contributed by atoms with van der Waals surface area (Å²) >= 11 is 1.42. The summed E-state index contributed by atoms with van der Waals surface area (Å²) in [6, 6.07) is 11.6. The molecular formula is C23H19FN4O3S. The third-order valence-corrected chi connectivity index (χ3v) is 5.53. The van der Waals surface area contributed by atoms with Gasteiger partial charge in [-0.05, 0) is 68.6 Å². The van der Waals surface area contributed by atoms with Gasteiger partial charge in [0.05, 0.1) is 6.42 Å². The fourth-order valence-corrected chi connectivity index (χ4v) is 3.62. The predicted molar refractivity (Wildman–Crippen MR) is 118 cm³/mol. The lowest BCUT2D eigenvalue weighted by atomic mass is 10.0. The maximum absolute atomic E-state index is 13.1. The van der Waals surface area contributed by atoms with E-state index >= 15 is 0 Å². The van der Waals surface area contributed by atoms with Gasteiger partial charge in [0, 0.05) is 28.1 Å². The third-order valence-electron chi connectivity index (χ3n) is 4.99. The van der Waals surface area contributed by atoms with E-state index in [2.05, 4.69) is 15.1 Å². The molecule has 162 valence electrons. The Morgan fingerprint density at radius 1 is 1.00 bits per heavy atom. The molecule has 0 aliphatic carbocycles. The van der Waals surface area contributed by atoms with Gasteiger partial charge in [0.1, 0.15) is 11.6 Å². The van der Waals surface area contributed by atoms with Crippen molar-refractivity contribution in [2.45, 2.75) is 25.4 Å². The summed E-state index contributed by atoms with van der Waals surface area (Å²) in [4.78, 5) is 33.8. The van der Waals surface area contributed by atoms with Crippen LogP contribution in [0.5, 0.6) is 5.75 Å². The van der Waals surface area contributed by atoms with Gasteiger partial charge in [0.25, 0.3) is 5.78 Å². The lowest BCUT2D eigenvalue weighted by Gasteiger charge is -2.10. The summed E-state index contributed by atoms with van der Waals surface area (Å²) < 4.78 is 20.1. The topological polar surface area (TPSA) is 86.5 Å². The lowest BCUT2D eigenvalue weighted by Crippen LogP contribution is -2.15. The van der Waals surface area contributed by atoms with Crippen LogP contribution in [0.4, 0.5) is 4.39 Å². The second-order valence-electron chi connectivity index (χ2n) is 7.08. The number of aryl methyl sites for hydroxylation is 2. The van der Waals surface area contributed by atoms with Crippen LogP contribution in [0.1, 0.15) is 32.9 Å². The molecule has 0 unspecified atom stereocenters. The number of hydrogen-bond donors (Lipinski definition) is 0. The minimum atomic E-state index is -0.458. The van der Waals surface area contributed by atoms with Crippen LogP contribution in [0.3, 0.4) is 0 Å². The van der Waals surface area contributed by atoms with Gasteiger partial charge in [-0.1, -0.05) is 11.8 Å². The lowest BCUT2D eigenvalue weighted by molar-refractivity contribution is -0.133. The van der Waals surface area contributed by atoms with Gasteiger partial charge >= 0.3 is 5.97 Å². The highest BCUT2D eigenvalue weighted by atomic mass is 32.2. The molecule has 4 rings (SSSR count). The highest BCUT2D eigenvalue weighted by molar-refractivity contribution is 7.98. The van der Waals surface area contributed by atoms with Crippen molar-refractivity contribution >= 4 is 29.3 Å². The average Bonchev–Trinajstić information content (AvgIpc) is 3.20. The molecule has 0 radical (unpaired) electrons. The van der Waals surface area contributed by atoms with E-state index in [9.17, 15) is 14.0 Å². The Kier molecular flexibility index (Phi) is 6.00. The first-order chi connectivity index (χ1) is 15.4. The van der Waals surface area contributed by atoms with E-state index in [-0.39, 0.29) is 12.2 Å². The molecule has 32 heavy (non-hydrogen) atoms. The van der Waals surface area contributed by atoms with Crippen molar-refractivity contribution in [1.82, 2.24) is 19.6 Å². The van der Waals surface area contributed by atoms with Crippen molar-refractivity contribution in [3.8, 4) is 5.75 Å². The van der Waals surface area contributed by atoms with Crippen LogP contribution in [-0.2, 0) is 11.2 Å². The van der Waals surface area contributed by atoms with E-state index in [0.29, 0.717) is 33.5 Å². The van der Waals surface area contributed by atoms with E-state index in [0.717, 1.165) is 11.3 Å². The standard InChI is InChI=1S/C23H19FN4O3S/c1-13-19(14(2)28-22(25-13)26-23(27-28)32-3)12-20(29)31-18-10-6-16(7-11-18)21(30)15-4-8-17(24)9-5-15/h4-11H,12H2,1-3H3. The second-order valence-corrected chi connectivity index (χ2v) is 7.86. The molecule has 0 atom stereocenters. The minimum absolute atomic E-state index is 0.0192. The largest absolute Gasteiger partial charge is 0.426 e. The van der Waals surface area contributed by atoms with E-state index in [1.807, 2.05) is 20.1 Å². The van der Waals surface area contributed by atoms with Crippen LogP contribution in [0.2, 0.25) is 0 Å². The quantitative estimate of drug-likeness (QED) is 0.190. The summed E-state index contributed by atoms with van der Waals surface area (Å²) in [5.41, 5.74) is 2.98. The smallest absolute Gasteiger partial charge is 0.315 e. The van der Waals surface area contributed by atoms with Crippen molar-refractivity contribution in [3.05, 3.63) is 82.4 Å². The molecule has 0 spiro atoms. The molecular weight excluding hydrogens is 431 g/mol. The van der Waals surface area contributed by atoms with Crippen LogP contribution in [-0.4, -0.2) is 37.6 Å². The van der Waals surface area contributed by atoms with Crippen molar-refractivity contribution in [2.24, 2.45) is 0 Å². The van der Waals surface area contributed by atoms with Crippen LogP contribution in [0.15, 0.2) is 53.7 Å². The Morgan fingerprint density at radius 2 is 1.62 bits per heavy atom. The number of carbonyl (C=O) groups excluding carboxylic acids is 2. The van der Waals surface area contributed by atoms with Gasteiger partial charge in [-0.15, -0.1) is 5.10 Å². The van der Waals surface area contributed by atoms with Gasteiger partial charge in [-0.2, -0.15) is 4.98 Å². The number of hydrogen-bond acceptors (Lipinski definition) is 7. The van der Waals surface area contributed by atoms with Crippen LogP contribution >= 0.6 is 11.8 Å². The number of aromatic nitrogens is 4. The number of carbonyl (C=O) groups is 2. The summed E-state index contributed by atoms with van der Waals surface area (Å²) in [5.74, 6) is -0.299. The molecule has 0 saturated heterocycles. The zero-order chi connectivity index (χ0) is 22.8. The van der Waals surface area contributed by atoms with Gasteiger partial charge < -0.3 is 4.74 Å². The number of fused-ring (bicyclic) bond motifs is 1. The third kappa shape index (κ3) is 4.38. The first-order valence-electron chi connectivity index (χ1n) is 9.73. The molecule has 0 N–H and O–H groups in total. The Labute approximate surface area is 187 Å². The molecule has 0 fully saturated rings. The minimum Gasteiger partial charge on any atom is -0.426 e. The highest BCUT2D eigenvalue weighted by Gasteiger charge is 2.17. The van der Waals surface area contributed by atoms with Crippen LogP contribution in [0.25, 0.3) is 5.78 Å². The van der Waals surface area contributed by atoms with E-state index in [1.165, 1.54) is 36.0 Å². The maximum atomic E-state index is 13.1. The van der Waals surface area contributed by atoms with Crippen molar-refractivity contribution in [3.63, 3.8) is 0 Å². The van der Waals surface area contributed by atoms with Crippen molar-refractivity contribution in [1.29, 1.82) is 0 Å². The normalized spacial score (nSPS) is 11.0.